The number of aliphatic hydroxyl groups is 4. The molecule has 92 valence electrons. The van der Waals surface area contributed by atoms with Crippen molar-refractivity contribution in [3.63, 3.8) is 0 Å². The lowest BCUT2D eigenvalue weighted by Gasteiger charge is -2.22. The SMILES string of the molecule is CC(C)(O)CC(O)CC(O)CCCCO. The van der Waals surface area contributed by atoms with Crippen LogP contribution >= 0.6 is 0 Å². The van der Waals surface area contributed by atoms with Crippen molar-refractivity contribution in [3.05, 3.63) is 0 Å². The molecular formula is C11H24O4. The monoisotopic (exact) mass is 220 g/mol. The second-order valence-corrected chi connectivity index (χ2v) is 4.78. The van der Waals surface area contributed by atoms with Gasteiger partial charge in [0.1, 0.15) is 0 Å². The first kappa shape index (κ1) is 14.8. The third-order valence-corrected chi connectivity index (χ3v) is 2.22. The van der Waals surface area contributed by atoms with Crippen molar-refractivity contribution in [3.8, 4) is 0 Å². The summed E-state index contributed by atoms with van der Waals surface area (Å²) in [5.41, 5.74) is -0.899. The number of unbranched alkanes of at least 4 members (excludes halogenated alkanes) is 1. The Hall–Kier alpha value is -0.160. The van der Waals surface area contributed by atoms with Crippen LogP contribution in [0.15, 0.2) is 0 Å². The molecule has 0 aliphatic rings. The minimum atomic E-state index is -0.899. The third-order valence-electron chi connectivity index (χ3n) is 2.22. The van der Waals surface area contributed by atoms with Crippen LogP contribution in [0.2, 0.25) is 0 Å². The molecule has 0 saturated carbocycles. The Morgan fingerprint density at radius 2 is 1.67 bits per heavy atom. The topological polar surface area (TPSA) is 80.9 Å². The lowest BCUT2D eigenvalue weighted by Crippen LogP contribution is -2.28. The van der Waals surface area contributed by atoms with Gasteiger partial charge in [-0.1, -0.05) is 0 Å². The molecule has 4 nitrogen and oxygen atoms in total. The van der Waals surface area contributed by atoms with Crippen molar-refractivity contribution in [1.29, 1.82) is 0 Å². The van der Waals surface area contributed by atoms with E-state index < -0.39 is 17.8 Å². The van der Waals surface area contributed by atoms with Gasteiger partial charge in [-0.25, -0.2) is 0 Å². The quantitative estimate of drug-likeness (QED) is 0.447. The zero-order valence-electron chi connectivity index (χ0n) is 9.69. The summed E-state index contributed by atoms with van der Waals surface area (Å²) >= 11 is 0. The van der Waals surface area contributed by atoms with Crippen LogP contribution in [0.5, 0.6) is 0 Å². The first-order valence-electron chi connectivity index (χ1n) is 5.54. The van der Waals surface area contributed by atoms with E-state index in [-0.39, 0.29) is 19.4 Å². The van der Waals surface area contributed by atoms with Gasteiger partial charge >= 0.3 is 0 Å². The number of rotatable bonds is 8. The van der Waals surface area contributed by atoms with Crippen LogP contribution < -0.4 is 0 Å². The first-order valence-corrected chi connectivity index (χ1v) is 5.54. The molecule has 0 aromatic rings. The Morgan fingerprint density at radius 3 is 2.13 bits per heavy atom. The fraction of sp³-hybridized carbons (Fsp3) is 1.00. The highest BCUT2D eigenvalue weighted by Crippen LogP contribution is 2.16. The molecule has 0 heterocycles. The van der Waals surface area contributed by atoms with E-state index in [1.165, 1.54) is 0 Å². The summed E-state index contributed by atoms with van der Waals surface area (Å²) in [6.45, 7) is 3.40. The van der Waals surface area contributed by atoms with Gasteiger partial charge in [0.25, 0.3) is 0 Å². The highest BCUT2D eigenvalue weighted by molar-refractivity contribution is 4.73. The summed E-state index contributed by atoms with van der Waals surface area (Å²) in [6.07, 6.45) is 1.36. The normalized spacial score (nSPS) is 16.4. The molecule has 4 N–H and O–H groups in total. The van der Waals surface area contributed by atoms with Gasteiger partial charge in [0.2, 0.25) is 0 Å². The average molecular weight is 220 g/mol. The van der Waals surface area contributed by atoms with E-state index >= 15 is 0 Å². The molecule has 0 rings (SSSR count). The van der Waals surface area contributed by atoms with Crippen molar-refractivity contribution in [2.45, 2.75) is 63.8 Å². The maximum Gasteiger partial charge on any atom is 0.0616 e. The van der Waals surface area contributed by atoms with Crippen LogP contribution in [0.1, 0.15) is 46.0 Å². The molecule has 0 aromatic heterocycles. The number of hydrogen-bond donors (Lipinski definition) is 4. The standard InChI is InChI=1S/C11H24O4/c1-11(2,15)8-10(14)7-9(13)5-3-4-6-12/h9-10,12-15H,3-8H2,1-2H3. The van der Waals surface area contributed by atoms with Crippen LogP contribution in [0.25, 0.3) is 0 Å². The highest BCUT2D eigenvalue weighted by atomic mass is 16.3. The second-order valence-electron chi connectivity index (χ2n) is 4.78. The van der Waals surface area contributed by atoms with Crippen molar-refractivity contribution >= 4 is 0 Å². The van der Waals surface area contributed by atoms with E-state index in [1.807, 2.05) is 0 Å². The number of hydrogen-bond acceptors (Lipinski definition) is 4. The molecule has 0 aliphatic carbocycles. The van der Waals surface area contributed by atoms with E-state index in [0.717, 1.165) is 6.42 Å². The Bertz CT molecular complexity index is 153. The van der Waals surface area contributed by atoms with E-state index in [0.29, 0.717) is 12.8 Å². The number of aliphatic hydroxyl groups excluding tert-OH is 3. The predicted molar refractivity (Wildman–Crippen MR) is 58.5 cm³/mol. The zero-order valence-corrected chi connectivity index (χ0v) is 9.69. The average Bonchev–Trinajstić information content (AvgIpc) is 2.00. The Kier molecular flexibility index (Phi) is 7.09. The maximum absolute atomic E-state index is 9.54. The van der Waals surface area contributed by atoms with E-state index in [4.69, 9.17) is 5.11 Å². The van der Waals surface area contributed by atoms with Crippen molar-refractivity contribution in [2.75, 3.05) is 6.61 Å². The molecule has 0 amide bonds. The summed E-state index contributed by atoms with van der Waals surface area (Å²) in [5, 5.41) is 37.1. The first-order chi connectivity index (χ1) is 6.85. The molecule has 0 bridgehead atoms. The molecule has 0 aromatic carbocycles. The second kappa shape index (κ2) is 7.17. The summed E-state index contributed by atoms with van der Waals surface area (Å²) < 4.78 is 0. The Balaban J connectivity index is 3.62. The zero-order chi connectivity index (χ0) is 11.9. The molecule has 0 spiro atoms. The maximum atomic E-state index is 9.54. The van der Waals surface area contributed by atoms with E-state index in [9.17, 15) is 15.3 Å². The predicted octanol–water partition coefficient (Wildman–Crippen LogP) is 0.422. The van der Waals surface area contributed by atoms with Crippen LogP contribution in [-0.4, -0.2) is 44.8 Å². The molecule has 2 atom stereocenters. The van der Waals surface area contributed by atoms with Gasteiger partial charge in [-0.2, -0.15) is 0 Å². The van der Waals surface area contributed by atoms with Gasteiger partial charge in [0.15, 0.2) is 0 Å². The molecule has 0 aliphatic heterocycles. The van der Waals surface area contributed by atoms with Gasteiger partial charge in [0.05, 0.1) is 17.8 Å². The molecular weight excluding hydrogens is 196 g/mol. The van der Waals surface area contributed by atoms with Gasteiger partial charge in [0, 0.05) is 13.0 Å². The summed E-state index contributed by atoms with van der Waals surface area (Å²) in [7, 11) is 0. The fourth-order valence-electron chi connectivity index (χ4n) is 1.58. The summed E-state index contributed by atoms with van der Waals surface area (Å²) in [4.78, 5) is 0. The van der Waals surface area contributed by atoms with Crippen molar-refractivity contribution < 1.29 is 20.4 Å². The highest BCUT2D eigenvalue weighted by Gasteiger charge is 2.20. The van der Waals surface area contributed by atoms with Gasteiger partial charge < -0.3 is 20.4 Å². The van der Waals surface area contributed by atoms with Crippen LogP contribution in [0, 0.1) is 0 Å². The lowest BCUT2D eigenvalue weighted by molar-refractivity contribution is -0.00262. The largest absolute Gasteiger partial charge is 0.396 e. The van der Waals surface area contributed by atoms with Gasteiger partial charge in [-0.15, -0.1) is 0 Å². The smallest absolute Gasteiger partial charge is 0.0616 e. The third kappa shape index (κ3) is 10.1. The minimum absolute atomic E-state index is 0.138. The van der Waals surface area contributed by atoms with E-state index in [2.05, 4.69) is 0 Å². The molecule has 15 heavy (non-hydrogen) atoms. The summed E-state index contributed by atoms with van der Waals surface area (Å²) in [5.74, 6) is 0. The Morgan fingerprint density at radius 1 is 1.07 bits per heavy atom. The van der Waals surface area contributed by atoms with Gasteiger partial charge in [-0.05, 0) is 39.5 Å². The van der Waals surface area contributed by atoms with Gasteiger partial charge in [-0.3, -0.25) is 0 Å². The molecule has 4 heteroatoms. The molecule has 0 fully saturated rings. The van der Waals surface area contributed by atoms with Crippen molar-refractivity contribution in [2.24, 2.45) is 0 Å². The van der Waals surface area contributed by atoms with E-state index in [1.54, 1.807) is 13.8 Å². The fourth-order valence-corrected chi connectivity index (χ4v) is 1.58. The molecule has 2 unspecified atom stereocenters. The minimum Gasteiger partial charge on any atom is -0.396 e. The van der Waals surface area contributed by atoms with Crippen LogP contribution in [-0.2, 0) is 0 Å². The summed E-state index contributed by atoms with van der Waals surface area (Å²) in [6, 6.07) is 0. The van der Waals surface area contributed by atoms with Crippen LogP contribution in [0.4, 0.5) is 0 Å². The molecule has 0 radical (unpaired) electrons. The lowest BCUT2D eigenvalue weighted by atomic mass is 9.96. The van der Waals surface area contributed by atoms with Crippen molar-refractivity contribution in [1.82, 2.24) is 0 Å². The van der Waals surface area contributed by atoms with Crippen LogP contribution in [0.3, 0.4) is 0 Å². The Labute approximate surface area is 91.6 Å². The molecule has 0 saturated heterocycles.